The molecule has 0 aliphatic rings. The fourth-order valence-electron chi connectivity index (χ4n) is 0.791. The van der Waals surface area contributed by atoms with Gasteiger partial charge in [0.25, 0.3) is 0 Å². The minimum Gasteiger partial charge on any atom is -0.249 e. The third kappa shape index (κ3) is 2.12. The van der Waals surface area contributed by atoms with Crippen molar-refractivity contribution in [2.24, 2.45) is 0 Å². The molecule has 0 heterocycles. The van der Waals surface area contributed by atoms with Gasteiger partial charge in [-0.3, -0.25) is 0 Å². The lowest BCUT2D eigenvalue weighted by molar-refractivity contribution is 0.679. The highest BCUT2D eigenvalue weighted by atomic mass is 35.5. The van der Waals surface area contributed by atoms with Crippen molar-refractivity contribution in [2.75, 3.05) is 6.26 Å². The Bertz CT molecular complexity index is 400. The van der Waals surface area contributed by atoms with E-state index in [-0.39, 0.29) is 5.02 Å². The maximum atomic E-state index is 11.3. The smallest absolute Gasteiger partial charge is 0.0711 e. The number of hydrogen-bond acceptors (Lipinski definition) is 2. The van der Waals surface area contributed by atoms with Gasteiger partial charge in [0.2, 0.25) is 0 Å². The van der Waals surface area contributed by atoms with Crippen molar-refractivity contribution in [1.82, 2.24) is 0 Å². The van der Waals surface area contributed by atoms with Gasteiger partial charge >= 0.3 is 0 Å². The van der Waals surface area contributed by atoms with E-state index in [4.69, 9.17) is 28.0 Å². The second-order valence-electron chi connectivity index (χ2n) is 2.42. The molecule has 1 rings (SSSR count). The third-order valence-corrected chi connectivity index (χ3v) is 3.17. The van der Waals surface area contributed by atoms with E-state index in [0.29, 0.717) is 9.92 Å². The first kappa shape index (κ1) is 9.84. The second kappa shape index (κ2) is 3.24. The Morgan fingerprint density at radius 1 is 1.42 bits per heavy atom. The quantitative estimate of drug-likeness (QED) is 0.782. The highest BCUT2D eigenvalue weighted by molar-refractivity contribution is 7.91. The largest absolute Gasteiger partial charge is 0.249 e. The lowest BCUT2D eigenvalue weighted by Gasteiger charge is -2.03. The van der Waals surface area contributed by atoms with Gasteiger partial charge in [0.15, 0.2) is 0 Å². The molecule has 0 aliphatic heterocycles. The lowest BCUT2D eigenvalue weighted by atomic mass is 10.4. The summed E-state index contributed by atoms with van der Waals surface area (Å²) in [5, 5.41) is 0.761. The average Bonchev–Trinajstić information content (AvgIpc) is 1.83. The van der Waals surface area contributed by atoms with Gasteiger partial charge in [-0.2, -0.15) is 0 Å². The van der Waals surface area contributed by atoms with Gasteiger partial charge in [-0.15, -0.1) is 0 Å². The molecule has 0 spiro atoms. The minimum absolute atomic E-state index is 0.282. The predicted octanol–water partition coefficient (Wildman–Crippen LogP) is 3.03. The van der Waals surface area contributed by atoms with Crippen molar-refractivity contribution in [3.8, 4) is 0 Å². The van der Waals surface area contributed by atoms with E-state index < -0.39 is 9.73 Å². The average molecular weight is 224 g/mol. The van der Waals surface area contributed by atoms with Crippen molar-refractivity contribution >= 4 is 32.9 Å². The summed E-state index contributed by atoms with van der Waals surface area (Å²) in [6.45, 7) is 0. The fraction of sp³-hybridized carbons (Fsp3) is 0.143. The molecule has 0 bridgehead atoms. The van der Waals surface area contributed by atoms with Gasteiger partial charge in [-0.05, 0) is 18.2 Å². The molecule has 0 radical (unpaired) electrons. The number of nitrogens with one attached hydrogen (secondary N) is 1. The maximum Gasteiger partial charge on any atom is 0.0711 e. The zero-order valence-electron chi connectivity index (χ0n) is 6.30. The van der Waals surface area contributed by atoms with Gasteiger partial charge in [0, 0.05) is 11.3 Å². The molecule has 12 heavy (non-hydrogen) atoms. The van der Waals surface area contributed by atoms with Crippen LogP contribution in [0.25, 0.3) is 0 Å². The van der Waals surface area contributed by atoms with Gasteiger partial charge in [0.05, 0.1) is 19.6 Å². The molecule has 1 N–H and O–H groups in total. The molecule has 0 fully saturated rings. The molecule has 0 saturated carbocycles. The van der Waals surface area contributed by atoms with Crippen LogP contribution in [0.3, 0.4) is 0 Å². The molecule has 0 amide bonds. The Labute approximate surface area is 81.5 Å². The van der Waals surface area contributed by atoms with Crippen LogP contribution in [0.2, 0.25) is 10.0 Å². The summed E-state index contributed by atoms with van der Waals surface area (Å²) in [7, 11) is -2.74. The molecule has 1 atom stereocenters. The standard InChI is InChI=1S/C7H7Cl2NOS/c1-12(10,11)7-3-2-5(8)4-6(7)9/h2-4,10H,1H3/t12-/m1/s1. The van der Waals surface area contributed by atoms with Crippen LogP contribution in [0.1, 0.15) is 0 Å². The summed E-state index contributed by atoms with van der Waals surface area (Å²) < 4.78 is 18.5. The van der Waals surface area contributed by atoms with Crippen LogP contribution in [0.5, 0.6) is 0 Å². The summed E-state index contributed by atoms with van der Waals surface area (Å²) in [5.41, 5.74) is 0. The van der Waals surface area contributed by atoms with Crippen LogP contribution >= 0.6 is 23.2 Å². The van der Waals surface area contributed by atoms with Crippen LogP contribution in [-0.2, 0) is 9.73 Å². The molecule has 1 aromatic rings. The molecular formula is C7H7Cl2NOS. The Hall–Kier alpha value is -0.250. The van der Waals surface area contributed by atoms with Crippen LogP contribution in [0.15, 0.2) is 23.1 Å². The van der Waals surface area contributed by atoms with E-state index in [0.717, 1.165) is 0 Å². The summed E-state index contributed by atoms with van der Waals surface area (Å²) in [6, 6.07) is 4.57. The third-order valence-electron chi connectivity index (χ3n) is 1.31. The number of halogens is 2. The fourth-order valence-corrected chi connectivity index (χ4v) is 2.40. The Balaban J connectivity index is 3.39. The maximum absolute atomic E-state index is 11.3. The second-order valence-corrected chi connectivity index (χ2v) is 5.39. The van der Waals surface area contributed by atoms with Crippen LogP contribution in [-0.4, -0.2) is 10.5 Å². The zero-order valence-corrected chi connectivity index (χ0v) is 8.63. The summed E-state index contributed by atoms with van der Waals surface area (Å²) in [4.78, 5) is 0.327. The molecule has 0 saturated heterocycles. The van der Waals surface area contributed by atoms with Crippen molar-refractivity contribution in [3.63, 3.8) is 0 Å². The van der Waals surface area contributed by atoms with Gasteiger partial charge < -0.3 is 0 Å². The molecule has 66 valence electrons. The van der Waals surface area contributed by atoms with E-state index in [1.54, 1.807) is 6.07 Å². The monoisotopic (exact) mass is 223 g/mol. The SMILES string of the molecule is C[S@@](=N)(=O)c1ccc(Cl)cc1Cl. The molecule has 0 aliphatic carbocycles. The number of benzene rings is 1. The molecule has 0 aromatic heterocycles. The highest BCUT2D eigenvalue weighted by Gasteiger charge is 2.08. The predicted molar refractivity (Wildman–Crippen MR) is 51.5 cm³/mol. The van der Waals surface area contributed by atoms with Crippen LogP contribution < -0.4 is 0 Å². The molecule has 0 unspecified atom stereocenters. The number of rotatable bonds is 1. The summed E-state index contributed by atoms with van der Waals surface area (Å²) >= 11 is 11.4. The molecule has 5 heteroatoms. The first-order chi connectivity index (χ1) is 5.41. The van der Waals surface area contributed by atoms with E-state index in [1.807, 2.05) is 0 Å². The first-order valence-electron chi connectivity index (χ1n) is 3.10. The molecular weight excluding hydrogens is 217 g/mol. The van der Waals surface area contributed by atoms with E-state index in [1.165, 1.54) is 18.4 Å². The zero-order chi connectivity index (χ0) is 9.35. The van der Waals surface area contributed by atoms with Gasteiger partial charge in [-0.1, -0.05) is 23.2 Å². The Morgan fingerprint density at radius 2 is 2.00 bits per heavy atom. The molecule has 2 nitrogen and oxygen atoms in total. The van der Waals surface area contributed by atoms with Crippen LogP contribution in [0, 0.1) is 4.78 Å². The number of hydrogen-bond donors (Lipinski definition) is 1. The highest BCUT2D eigenvalue weighted by Crippen LogP contribution is 2.24. The Kier molecular flexibility index (Phi) is 2.66. The summed E-state index contributed by atoms with van der Waals surface area (Å²) in [5.74, 6) is 0. The van der Waals surface area contributed by atoms with Crippen molar-refractivity contribution in [1.29, 1.82) is 4.78 Å². The van der Waals surface area contributed by atoms with E-state index in [2.05, 4.69) is 0 Å². The van der Waals surface area contributed by atoms with E-state index in [9.17, 15) is 4.21 Å². The van der Waals surface area contributed by atoms with Gasteiger partial charge in [-0.25, -0.2) is 8.99 Å². The molecule has 1 aromatic carbocycles. The van der Waals surface area contributed by atoms with E-state index >= 15 is 0 Å². The normalized spacial score (nSPS) is 15.6. The topological polar surface area (TPSA) is 40.9 Å². The van der Waals surface area contributed by atoms with Crippen LogP contribution in [0.4, 0.5) is 0 Å². The van der Waals surface area contributed by atoms with Crippen molar-refractivity contribution in [3.05, 3.63) is 28.2 Å². The summed E-state index contributed by atoms with van der Waals surface area (Å²) in [6.07, 6.45) is 1.32. The minimum atomic E-state index is -2.74. The van der Waals surface area contributed by atoms with Gasteiger partial charge in [0.1, 0.15) is 0 Å². The Morgan fingerprint density at radius 3 is 2.42 bits per heavy atom. The lowest BCUT2D eigenvalue weighted by Crippen LogP contribution is -1.95. The van der Waals surface area contributed by atoms with Crippen molar-refractivity contribution in [2.45, 2.75) is 4.90 Å². The first-order valence-corrected chi connectivity index (χ1v) is 5.82. The van der Waals surface area contributed by atoms with Crippen molar-refractivity contribution < 1.29 is 4.21 Å².